The average Bonchev–Trinajstić information content (AvgIpc) is 3.57. The van der Waals surface area contributed by atoms with Gasteiger partial charge in [-0.2, -0.15) is 10.2 Å². The fraction of sp³-hybridized carbons (Fsp3) is 0.333. The number of hydrogen-bond donors (Lipinski definition) is 1. The summed E-state index contributed by atoms with van der Waals surface area (Å²) in [6.45, 7) is 11.5. The monoisotopic (exact) mass is 877 g/mol. The summed E-state index contributed by atoms with van der Waals surface area (Å²) in [5.41, 5.74) is -2.25. The molecule has 330 valence electrons. The normalized spacial score (nSPS) is 19.2. The third-order valence-electron chi connectivity index (χ3n) is 10.6. The lowest BCUT2D eigenvalue weighted by Crippen LogP contribution is -2.47. The van der Waals surface area contributed by atoms with Crippen molar-refractivity contribution in [2.45, 2.75) is 75.9 Å². The molecule has 5 atom stereocenters. The minimum absolute atomic E-state index is 0.0231. The van der Waals surface area contributed by atoms with Crippen molar-refractivity contribution >= 4 is 20.3 Å². The molecule has 1 unspecified atom stereocenters. The predicted molar refractivity (Wildman–Crippen MR) is 239 cm³/mol. The van der Waals surface area contributed by atoms with Crippen LogP contribution in [0, 0.1) is 11.3 Å². The molecule has 1 N–H and O–H groups in total. The summed E-state index contributed by atoms with van der Waals surface area (Å²) in [6.07, 6.45) is -1.92. The molecule has 1 saturated heterocycles. The van der Waals surface area contributed by atoms with Crippen LogP contribution in [0.25, 0.3) is 0 Å². The minimum Gasteiger partial charge on any atom is -0.497 e. The topological polar surface area (TPSA) is 146 Å². The number of nitrogens with one attached hydrogen (secondary N) is 1. The van der Waals surface area contributed by atoms with Gasteiger partial charge in [0.05, 0.1) is 39.9 Å². The van der Waals surface area contributed by atoms with Crippen LogP contribution in [0.4, 0.5) is 10.2 Å². The zero-order valence-electron chi connectivity index (χ0n) is 36.2. The van der Waals surface area contributed by atoms with Crippen molar-refractivity contribution in [3.8, 4) is 17.6 Å². The number of carbonyl (C=O) groups is 1. The molecule has 6 rings (SSSR count). The van der Waals surface area contributed by atoms with Crippen LogP contribution in [0.5, 0.6) is 11.5 Å². The van der Waals surface area contributed by atoms with Crippen molar-refractivity contribution in [3.05, 3.63) is 167 Å². The Hall–Kier alpha value is -5.78. The van der Waals surface area contributed by atoms with Crippen LogP contribution in [-0.2, 0) is 24.1 Å². The number of nitrogens with zero attached hydrogens (tertiary/aromatic N) is 4. The van der Waals surface area contributed by atoms with Crippen LogP contribution >= 0.6 is 8.53 Å². The number of amides is 1. The Bertz CT molecular complexity index is 2330. The number of nitriles is 1. The zero-order valence-corrected chi connectivity index (χ0v) is 37.1. The van der Waals surface area contributed by atoms with Gasteiger partial charge >= 0.3 is 5.69 Å². The Morgan fingerprint density at radius 3 is 2.00 bits per heavy atom. The van der Waals surface area contributed by atoms with Crippen LogP contribution in [-0.4, -0.2) is 77.5 Å². The number of benzene rings is 4. The van der Waals surface area contributed by atoms with E-state index in [1.807, 2.05) is 111 Å². The number of alkyl halides is 1. The maximum atomic E-state index is 18.4. The van der Waals surface area contributed by atoms with Crippen LogP contribution in [0.15, 0.2) is 139 Å². The summed E-state index contributed by atoms with van der Waals surface area (Å²) in [7, 11) is 1.12. The molecule has 0 saturated carbocycles. The molecule has 5 aromatic rings. The first-order chi connectivity index (χ1) is 30.4. The molecule has 1 aliphatic rings. The molecule has 1 aromatic heterocycles. The van der Waals surface area contributed by atoms with Gasteiger partial charge in [0, 0.05) is 23.8 Å². The number of hydrogen-bond acceptors (Lipinski definition) is 11. The SMILES string of the molecule is C=C[C@@]1(F)[C@H](OP(OCCC#N)N(C(C)C)C(C)C)[C@@H](COC(c2ccccc2)(c2ccc(OC)cc2)c2ccc(OC)cc2)O[C@H]1n1ccc(NC(=O)c2ccccc2)nc1=O. The van der Waals surface area contributed by atoms with Crippen molar-refractivity contribution in [1.82, 2.24) is 14.2 Å². The molecule has 0 aliphatic carbocycles. The Balaban J connectivity index is 1.47. The minimum atomic E-state index is -2.59. The molecule has 1 fully saturated rings. The third-order valence-corrected chi connectivity index (χ3v) is 12.7. The van der Waals surface area contributed by atoms with Gasteiger partial charge in [-0.25, -0.2) is 13.9 Å². The maximum absolute atomic E-state index is 18.4. The van der Waals surface area contributed by atoms with Gasteiger partial charge in [-0.1, -0.05) is 79.4 Å². The molecular formula is C48H53FN5O8P. The Morgan fingerprint density at radius 2 is 1.49 bits per heavy atom. The van der Waals surface area contributed by atoms with Gasteiger partial charge < -0.3 is 33.3 Å². The smallest absolute Gasteiger partial charge is 0.351 e. The maximum Gasteiger partial charge on any atom is 0.351 e. The fourth-order valence-electron chi connectivity index (χ4n) is 7.65. The number of rotatable bonds is 20. The molecular weight excluding hydrogens is 825 g/mol. The molecule has 1 amide bonds. The van der Waals surface area contributed by atoms with Crippen LogP contribution in [0.1, 0.15) is 67.4 Å². The second-order valence-electron chi connectivity index (χ2n) is 15.3. The van der Waals surface area contributed by atoms with E-state index in [-0.39, 0.29) is 37.5 Å². The molecule has 1 aliphatic heterocycles. The number of ether oxygens (including phenoxy) is 4. The average molecular weight is 878 g/mol. The number of carbonyl (C=O) groups excluding carboxylic acids is 1. The molecule has 0 radical (unpaired) electrons. The highest BCUT2D eigenvalue weighted by Gasteiger charge is 2.60. The van der Waals surface area contributed by atoms with E-state index in [2.05, 4.69) is 22.9 Å². The van der Waals surface area contributed by atoms with Crippen molar-refractivity contribution in [3.63, 3.8) is 0 Å². The molecule has 0 bridgehead atoms. The molecule has 63 heavy (non-hydrogen) atoms. The highest BCUT2D eigenvalue weighted by molar-refractivity contribution is 7.44. The van der Waals surface area contributed by atoms with E-state index >= 15 is 4.39 Å². The van der Waals surface area contributed by atoms with Crippen LogP contribution in [0.3, 0.4) is 0 Å². The first-order valence-electron chi connectivity index (χ1n) is 20.6. The van der Waals surface area contributed by atoms with Gasteiger partial charge in [-0.3, -0.25) is 9.36 Å². The van der Waals surface area contributed by atoms with Crippen molar-refractivity contribution < 1.29 is 37.2 Å². The summed E-state index contributed by atoms with van der Waals surface area (Å²) in [5, 5.41) is 12.1. The predicted octanol–water partition coefficient (Wildman–Crippen LogP) is 8.97. The van der Waals surface area contributed by atoms with Gasteiger partial charge in [-0.15, -0.1) is 0 Å². The Labute approximate surface area is 369 Å². The number of anilines is 1. The molecule has 13 nitrogen and oxygen atoms in total. The highest BCUT2D eigenvalue weighted by atomic mass is 31.2. The zero-order chi connectivity index (χ0) is 45.1. The summed E-state index contributed by atoms with van der Waals surface area (Å²) >= 11 is 0. The van der Waals surface area contributed by atoms with Gasteiger partial charge in [0.15, 0.2) is 6.23 Å². The second-order valence-corrected chi connectivity index (χ2v) is 16.7. The van der Waals surface area contributed by atoms with E-state index in [1.54, 1.807) is 44.6 Å². The lowest BCUT2D eigenvalue weighted by molar-refractivity contribution is -0.0948. The fourth-order valence-corrected chi connectivity index (χ4v) is 9.45. The van der Waals surface area contributed by atoms with E-state index < -0.39 is 49.8 Å². The number of halogens is 1. The summed E-state index contributed by atoms with van der Waals surface area (Å²) in [4.78, 5) is 30.9. The van der Waals surface area contributed by atoms with E-state index in [0.717, 1.165) is 27.3 Å². The summed E-state index contributed by atoms with van der Waals surface area (Å²) < 4.78 is 59.3. The molecule has 15 heteroatoms. The van der Waals surface area contributed by atoms with E-state index in [9.17, 15) is 14.9 Å². The summed E-state index contributed by atoms with van der Waals surface area (Å²) in [6, 6.07) is 36.3. The Morgan fingerprint density at radius 1 is 0.937 bits per heavy atom. The lowest BCUT2D eigenvalue weighted by atomic mass is 9.80. The van der Waals surface area contributed by atoms with Gasteiger partial charge in [0.2, 0.25) is 5.67 Å². The standard InChI is InChI=1S/C48H53FN5O8P/c1-8-47(49)43(62-63(60-31-15-29-50)54(33(2)3)34(4)5)41(61-45(47)53-30-28-42(52-46(53)56)51-44(55)35-16-11-9-12-17-35)32-59-48(36-18-13-10-14-19-36,37-20-24-39(57-6)25-21-37)38-22-26-40(58-7)27-23-38/h8-14,16-28,30,33-34,41,43,45H,1,15,31-32H2,2-7H3,(H,51,52,55,56)/t41-,43-,45-,47-,63?/m1/s1. The van der Waals surface area contributed by atoms with Gasteiger partial charge in [0.1, 0.15) is 35.1 Å². The molecule has 2 heterocycles. The first-order valence-corrected chi connectivity index (χ1v) is 21.7. The van der Waals surface area contributed by atoms with E-state index in [4.69, 9.17) is 28.0 Å². The summed E-state index contributed by atoms with van der Waals surface area (Å²) in [5.74, 6) is 0.750. The van der Waals surface area contributed by atoms with E-state index in [0.29, 0.717) is 17.1 Å². The van der Waals surface area contributed by atoms with Crippen molar-refractivity contribution in [2.75, 3.05) is 32.8 Å². The third kappa shape index (κ3) is 10.2. The number of methoxy groups -OCH3 is 2. The van der Waals surface area contributed by atoms with E-state index in [1.165, 1.54) is 12.3 Å². The Kier molecular flexibility index (Phi) is 15.6. The highest BCUT2D eigenvalue weighted by Crippen LogP contribution is 2.54. The van der Waals surface area contributed by atoms with Crippen LogP contribution in [0.2, 0.25) is 0 Å². The van der Waals surface area contributed by atoms with Gasteiger partial charge in [-0.05, 0) is 92.9 Å². The quantitative estimate of drug-likeness (QED) is 0.0346. The lowest BCUT2D eigenvalue weighted by Gasteiger charge is -2.40. The van der Waals surface area contributed by atoms with Crippen molar-refractivity contribution in [2.24, 2.45) is 0 Å². The van der Waals surface area contributed by atoms with Gasteiger partial charge in [0.25, 0.3) is 14.4 Å². The first kappa shape index (κ1) is 46.7. The second kappa shape index (κ2) is 21.1. The largest absolute Gasteiger partial charge is 0.497 e. The number of aromatic nitrogens is 2. The van der Waals surface area contributed by atoms with Crippen molar-refractivity contribution in [1.29, 1.82) is 5.26 Å². The molecule has 4 aromatic carbocycles. The van der Waals surface area contributed by atoms with Crippen LogP contribution < -0.4 is 20.5 Å². The molecule has 0 spiro atoms.